The van der Waals surface area contributed by atoms with Crippen molar-refractivity contribution in [3.05, 3.63) is 60.0 Å². The van der Waals surface area contributed by atoms with Gasteiger partial charge in [-0.25, -0.2) is 0 Å². The molecule has 0 saturated heterocycles. The largest absolute Gasteiger partial charge is 0.497 e. The molecule has 134 valence electrons. The molecule has 2 aromatic carbocycles. The van der Waals surface area contributed by atoms with Crippen molar-refractivity contribution >= 4 is 6.21 Å². The maximum Gasteiger partial charge on any atom is 0.257 e. The normalized spacial score (nSPS) is 10.8. The smallest absolute Gasteiger partial charge is 0.257 e. The van der Waals surface area contributed by atoms with E-state index < -0.39 is 0 Å². The zero-order valence-corrected chi connectivity index (χ0v) is 14.6. The molecule has 7 heteroatoms. The summed E-state index contributed by atoms with van der Waals surface area (Å²) in [6, 6.07) is 14.9. The second-order valence-corrected chi connectivity index (χ2v) is 5.21. The molecule has 0 aliphatic rings. The zero-order chi connectivity index (χ0) is 18.2. The summed E-state index contributed by atoms with van der Waals surface area (Å²) in [5, 5.41) is 11.9. The third-order valence-corrected chi connectivity index (χ3v) is 3.48. The topological polar surface area (TPSA) is 79.0 Å². The van der Waals surface area contributed by atoms with E-state index in [4.69, 9.17) is 18.7 Å². The molecule has 3 aromatic rings. The van der Waals surface area contributed by atoms with Gasteiger partial charge in [0.2, 0.25) is 5.89 Å². The van der Waals surface area contributed by atoms with Gasteiger partial charge in [-0.05, 0) is 43.3 Å². The summed E-state index contributed by atoms with van der Waals surface area (Å²) in [7, 11) is 1.62. The van der Waals surface area contributed by atoms with Crippen molar-refractivity contribution in [2.45, 2.75) is 13.5 Å². The van der Waals surface area contributed by atoms with Crippen LogP contribution < -0.4 is 9.47 Å². The molecular formula is C19H19N3O4. The minimum atomic E-state index is 0.0798. The number of methoxy groups -OCH3 is 1. The molecule has 0 radical (unpaired) electrons. The second-order valence-electron chi connectivity index (χ2n) is 5.21. The first kappa shape index (κ1) is 17.5. The van der Waals surface area contributed by atoms with E-state index in [1.54, 1.807) is 13.3 Å². The van der Waals surface area contributed by atoms with E-state index in [9.17, 15) is 0 Å². The fraction of sp³-hybridized carbons (Fsp3) is 0.211. The molecule has 1 heterocycles. The second kappa shape index (κ2) is 8.66. The summed E-state index contributed by atoms with van der Waals surface area (Å²) in [6.45, 7) is 2.60. The lowest BCUT2D eigenvalue weighted by molar-refractivity contribution is 0.112. The Morgan fingerprint density at radius 2 is 1.88 bits per heavy atom. The van der Waals surface area contributed by atoms with Crippen LogP contribution in [0.1, 0.15) is 18.4 Å². The van der Waals surface area contributed by atoms with Crippen LogP contribution in [0.4, 0.5) is 0 Å². The average molecular weight is 353 g/mol. The SMILES string of the molecule is CCOc1ccccc1/C=N/OCc1nnc(-c2ccc(OC)cc2)o1. The molecular weight excluding hydrogens is 334 g/mol. The summed E-state index contributed by atoms with van der Waals surface area (Å²) in [5.74, 6) is 2.27. The number of para-hydroxylation sites is 1. The van der Waals surface area contributed by atoms with Crippen molar-refractivity contribution in [3.8, 4) is 23.0 Å². The molecule has 0 aliphatic heterocycles. The van der Waals surface area contributed by atoms with Crippen LogP contribution in [0, 0.1) is 0 Å². The first-order chi connectivity index (χ1) is 12.8. The molecule has 3 rings (SSSR count). The Kier molecular flexibility index (Phi) is 5.82. The first-order valence-corrected chi connectivity index (χ1v) is 8.14. The Hall–Kier alpha value is -3.35. The van der Waals surface area contributed by atoms with E-state index >= 15 is 0 Å². The summed E-state index contributed by atoms with van der Waals surface area (Å²) in [4.78, 5) is 5.24. The molecule has 0 unspecified atom stereocenters. The first-order valence-electron chi connectivity index (χ1n) is 8.14. The van der Waals surface area contributed by atoms with Crippen LogP contribution in [0.3, 0.4) is 0 Å². The summed E-state index contributed by atoms with van der Waals surface area (Å²) >= 11 is 0. The van der Waals surface area contributed by atoms with E-state index in [1.807, 2.05) is 55.5 Å². The Bertz CT molecular complexity index is 859. The maximum atomic E-state index is 5.57. The van der Waals surface area contributed by atoms with Gasteiger partial charge in [0, 0.05) is 11.1 Å². The number of hydrogen-bond donors (Lipinski definition) is 0. The Morgan fingerprint density at radius 3 is 2.65 bits per heavy atom. The number of rotatable bonds is 8. The van der Waals surface area contributed by atoms with Crippen LogP contribution >= 0.6 is 0 Å². The highest BCUT2D eigenvalue weighted by molar-refractivity contribution is 5.83. The standard InChI is InChI=1S/C19H19N3O4/c1-3-24-17-7-5-4-6-15(17)12-20-25-13-18-21-22-19(26-18)14-8-10-16(23-2)11-9-14/h4-12H,3,13H2,1-2H3/b20-12+. The van der Waals surface area contributed by atoms with Crippen molar-refractivity contribution in [3.63, 3.8) is 0 Å². The molecule has 0 N–H and O–H groups in total. The van der Waals surface area contributed by atoms with Gasteiger partial charge < -0.3 is 18.7 Å². The van der Waals surface area contributed by atoms with Gasteiger partial charge in [-0.3, -0.25) is 0 Å². The predicted octanol–water partition coefficient (Wildman–Crippen LogP) is 3.69. The van der Waals surface area contributed by atoms with Gasteiger partial charge >= 0.3 is 0 Å². The molecule has 26 heavy (non-hydrogen) atoms. The van der Waals surface area contributed by atoms with Crippen molar-refractivity contribution in [1.82, 2.24) is 10.2 Å². The summed E-state index contributed by atoms with van der Waals surface area (Å²) < 4.78 is 16.2. The predicted molar refractivity (Wildman–Crippen MR) is 96.3 cm³/mol. The third-order valence-electron chi connectivity index (χ3n) is 3.48. The van der Waals surface area contributed by atoms with Crippen molar-refractivity contribution in [2.24, 2.45) is 5.16 Å². The minimum absolute atomic E-state index is 0.0798. The van der Waals surface area contributed by atoms with Crippen molar-refractivity contribution in [1.29, 1.82) is 0 Å². The molecule has 0 spiro atoms. The molecule has 1 aromatic heterocycles. The third kappa shape index (κ3) is 4.38. The van der Waals surface area contributed by atoms with Crippen molar-refractivity contribution in [2.75, 3.05) is 13.7 Å². The lowest BCUT2D eigenvalue weighted by Crippen LogP contribution is -1.96. The van der Waals surface area contributed by atoms with Crippen LogP contribution in [0.5, 0.6) is 11.5 Å². The van der Waals surface area contributed by atoms with Crippen LogP contribution in [0.2, 0.25) is 0 Å². The number of hydrogen-bond acceptors (Lipinski definition) is 7. The average Bonchev–Trinajstić information content (AvgIpc) is 3.16. The van der Waals surface area contributed by atoms with Crippen molar-refractivity contribution < 1.29 is 18.7 Å². The molecule has 0 bridgehead atoms. The maximum absolute atomic E-state index is 5.57. The van der Waals surface area contributed by atoms with E-state index in [2.05, 4.69) is 15.4 Å². The monoisotopic (exact) mass is 353 g/mol. The molecule has 0 aliphatic carbocycles. The Labute approximate surface area is 151 Å². The van der Waals surface area contributed by atoms with Gasteiger partial charge in [0.15, 0.2) is 6.61 Å². The lowest BCUT2D eigenvalue weighted by Gasteiger charge is -2.05. The highest BCUT2D eigenvalue weighted by atomic mass is 16.6. The Morgan fingerprint density at radius 1 is 1.08 bits per heavy atom. The van der Waals surface area contributed by atoms with Gasteiger partial charge in [-0.2, -0.15) is 0 Å². The number of aromatic nitrogens is 2. The lowest BCUT2D eigenvalue weighted by atomic mass is 10.2. The fourth-order valence-corrected chi connectivity index (χ4v) is 2.22. The van der Waals surface area contributed by atoms with Gasteiger partial charge in [0.1, 0.15) is 11.5 Å². The number of oxime groups is 1. The molecule has 0 saturated carbocycles. The fourth-order valence-electron chi connectivity index (χ4n) is 2.22. The molecule has 7 nitrogen and oxygen atoms in total. The van der Waals surface area contributed by atoms with E-state index in [-0.39, 0.29) is 6.61 Å². The van der Waals surface area contributed by atoms with Crippen LogP contribution in [0.15, 0.2) is 58.1 Å². The van der Waals surface area contributed by atoms with Gasteiger partial charge in [-0.1, -0.05) is 17.3 Å². The van der Waals surface area contributed by atoms with Gasteiger partial charge in [-0.15, -0.1) is 10.2 Å². The number of benzene rings is 2. The van der Waals surface area contributed by atoms with Crippen LogP contribution in [0.25, 0.3) is 11.5 Å². The highest BCUT2D eigenvalue weighted by Crippen LogP contribution is 2.21. The minimum Gasteiger partial charge on any atom is -0.497 e. The Balaban J connectivity index is 1.58. The summed E-state index contributed by atoms with van der Waals surface area (Å²) in [5.41, 5.74) is 1.64. The van der Waals surface area contributed by atoms with E-state index in [0.717, 1.165) is 22.6 Å². The molecule has 0 atom stereocenters. The van der Waals surface area contributed by atoms with E-state index in [0.29, 0.717) is 18.4 Å². The molecule has 0 fully saturated rings. The quantitative estimate of drug-likeness (QED) is 0.454. The van der Waals surface area contributed by atoms with Crippen LogP contribution in [-0.2, 0) is 11.4 Å². The van der Waals surface area contributed by atoms with E-state index in [1.165, 1.54) is 0 Å². The molecule has 0 amide bonds. The highest BCUT2D eigenvalue weighted by Gasteiger charge is 2.09. The van der Waals surface area contributed by atoms with Gasteiger partial charge in [0.25, 0.3) is 5.89 Å². The zero-order valence-electron chi connectivity index (χ0n) is 14.6. The van der Waals surface area contributed by atoms with Crippen LogP contribution in [-0.4, -0.2) is 30.1 Å². The van der Waals surface area contributed by atoms with Gasteiger partial charge in [0.05, 0.1) is 19.9 Å². The number of nitrogens with zero attached hydrogens (tertiary/aromatic N) is 3. The summed E-state index contributed by atoms with van der Waals surface area (Å²) in [6.07, 6.45) is 1.59. The number of ether oxygens (including phenoxy) is 2.